The van der Waals surface area contributed by atoms with Crippen molar-refractivity contribution < 1.29 is 9.47 Å². The first-order chi connectivity index (χ1) is 9.86. The molecule has 2 aliphatic heterocycles. The summed E-state index contributed by atoms with van der Waals surface area (Å²) in [5.74, 6) is 0.421. The number of hydrogen-bond donors (Lipinski definition) is 0. The molecular formula is C17H25NO2. The van der Waals surface area contributed by atoms with Gasteiger partial charge in [-0.1, -0.05) is 36.8 Å². The number of benzene rings is 1. The van der Waals surface area contributed by atoms with Crippen LogP contribution in [0.5, 0.6) is 0 Å². The monoisotopic (exact) mass is 275 g/mol. The average Bonchev–Trinajstić information content (AvgIpc) is 2.52. The Labute approximate surface area is 121 Å². The highest BCUT2D eigenvalue weighted by Crippen LogP contribution is 2.35. The van der Waals surface area contributed by atoms with Crippen molar-refractivity contribution in [2.24, 2.45) is 5.92 Å². The molecule has 3 atom stereocenters. The maximum atomic E-state index is 5.73. The molecule has 0 spiro atoms. The smallest absolute Gasteiger partial charge is 0.147 e. The molecule has 3 rings (SSSR count). The van der Waals surface area contributed by atoms with E-state index in [1.807, 2.05) is 0 Å². The van der Waals surface area contributed by atoms with Gasteiger partial charge < -0.3 is 9.47 Å². The zero-order chi connectivity index (χ0) is 13.8. The van der Waals surface area contributed by atoms with Crippen molar-refractivity contribution in [2.75, 3.05) is 26.5 Å². The van der Waals surface area contributed by atoms with Crippen molar-refractivity contribution in [1.82, 2.24) is 4.90 Å². The minimum atomic E-state index is 0.260. The van der Waals surface area contributed by atoms with Gasteiger partial charge in [0.25, 0.3) is 0 Å². The fourth-order valence-electron chi connectivity index (χ4n) is 3.52. The first-order valence-electron chi connectivity index (χ1n) is 7.84. The molecule has 2 saturated heterocycles. The van der Waals surface area contributed by atoms with Gasteiger partial charge in [-0.3, -0.25) is 4.90 Å². The van der Waals surface area contributed by atoms with Crippen LogP contribution in [0.25, 0.3) is 0 Å². The first kappa shape index (κ1) is 14.1. The molecule has 0 N–H and O–H groups in total. The van der Waals surface area contributed by atoms with E-state index in [4.69, 9.17) is 9.47 Å². The maximum Gasteiger partial charge on any atom is 0.147 e. The van der Waals surface area contributed by atoms with E-state index in [1.165, 1.54) is 37.9 Å². The fraction of sp³-hybridized carbons (Fsp3) is 0.647. The molecule has 0 saturated carbocycles. The number of piperidine rings is 1. The lowest BCUT2D eigenvalue weighted by Gasteiger charge is -2.43. The first-order valence-corrected chi connectivity index (χ1v) is 7.84. The van der Waals surface area contributed by atoms with Gasteiger partial charge in [-0.15, -0.1) is 0 Å². The largest absolute Gasteiger partial charge is 0.355 e. The number of nitrogens with zero attached hydrogens (tertiary/aromatic N) is 1. The second kappa shape index (κ2) is 6.70. The number of likely N-dealkylation sites (tertiary alicyclic amines) is 1. The van der Waals surface area contributed by atoms with Crippen molar-refractivity contribution in [2.45, 2.75) is 38.3 Å². The van der Waals surface area contributed by atoms with E-state index in [9.17, 15) is 0 Å². The predicted octanol–water partition coefficient (Wildman–Crippen LogP) is 3.22. The van der Waals surface area contributed by atoms with E-state index >= 15 is 0 Å². The van der Waals surface area contributed by atoms with Gasteiger partial charge in [-0.2, -0.15) is 0 Å². The summed E-state index contributed by atoms with van der Waals surface area (Å²) in [6.07, 6.45) is 4.25. The molecule has 2 heterocycles. The Kier molecular flexibility index (Phi) is 4.71. The molecule has 1 aromatic carbocycles. The molecule has 0 amide bonds. The van der Waals surface area contributed by atoms with Gasteiger partial charge in [0.2, 0.25) is 0 Å². The van der Waals surface area contributed by atoms with Crippen LogP contribution in [-0.2, 0) is 9.47 Å². The lowest BCUT2D eigenvalue weighted by Crippen LogP contribution is -2.45. The van der Waals surface area contributed by atoms with Crippen LogP contribution in [0.4, 0.5) is 0 Å². The molecular weight excluding hydrogens is 250 g/mol. The molecule has 1 aromatic rings. The Bertz CT molecular complexity index is 403. The average molecular weight is 275 g/mol. The number of ether oxygens (including phenoxy) is 2. The zero-order valence-corrected chi connectivity index (χ0v) is 12.3. The van der Waals surface area contributed by atoms with Crippen LogP contribution in [0, 0.1) is 5.92 Å². The van der Waals surface area contributed by atoms with E-state index in [2.05, 4.69) is 42.2 Å². The van der Waals surface area contributed by atoms with Gasteiger partial charge in [-0.25, -0.2) is 0 Å². The minimum Gasteiger partial charge on any atom is -0.355 e. The van der Waals surface area contributed by atoms with Crippen LogP contribution in [-0.4, -0.2) is 37.5 Å². The summed E-state index contributed by atoms with van der Waals surface area (Å²) < 4.78 is 11.3. The maximum absolute atomic E-state index is 5.73. The van der Waals surface area contributed by atoms with Crippen LogP contribution in [0.3, 0.4) is 0 Å². The Morgan fingerprint density at radius 3 is 2.55 bits per heavy atom. The third-order valence-electron chi connectivity index (χ3n) is 4.66. The number of rotatable bonds is 3. The lowest BCUT2D eigenvalue weighted by atomic mass is 9.87. The molecule has 0 aliphatic carbocycles. The van der Waals surface area contributed by atoms with Crippen LogP contribution in [0.1, 0.15) is 37.8 Å². The van der Waals surface area contributed by atoms with Gasteiger partial charge in [0.1, 0.15) is 6.79 Å². The Balaban J connectivity index is 1.86. The van der Waals surface area contributed by atoms with E-state index in [1.54, 1.807) is 0 Å². The van der Waals surface area contributed by atoms with Gasteiger partial charge in [0, 0.05) is 12.0 Å². The minimum absolute atomic E-state index is 0.260. The molecule has 0 bridgehead atoms. The van der Waals surface area contributed by atoms with E-state index in [-0.39, 0.29) is 6.10 Å². The predicted molar refractivity (Wildman–Crippen MR) is 79.5 cm³/mol. The summed E-state index contributed by atoms with van der Waals surface area (Å²) in [6.45, 7) is 5.83. The standard InChI is InChI=1S/C17H25NO2/c1-14-16(12-19-13-20-14)17(15-8-4-2-5-9-15)18-10-6-3-7-11-18/h2,4-5,8-9,14,16-17H,3,6-7,10-13H2,1H3. The van der Waals surface area contributed by atoms with Gasteiger partial charge in [0.15, 0.2) is 0 Å². The fourth-order valence-corrected chi connectivity index (χ4v) is 3.52. The van der Waals surface area contributed by atoms with Crippen LogP contribution in [0.15, 0.2) is 30.3 Å². The second-order valence-electron chi connectivity index (χ2n) is 5.98. The highest BCUT2D eigenvalue weighted by Gasteiger charge is 2.35. The Morgan fingerprint density at radius 2 is 1.85 bits per heavy atom. The van der Waals surface area contributed by atoms with Crippen LogP contribution < -0.4 is 0 Å². The van der Waals surface area contributed by atoms with Crippen LogP contribution >= 0.6 is 0 Å². The summed E-state index contributed by atoms with van der Waals surface area (Å²) >= 11 is 0. The van der Waals surface area contributed by atoms with E-state index in [0.717, 1.165) is 6.61 Å². The summed E-state index contributed by atoms with van der Waals surface area (Å²) in [5, 5.41) is 0. The molecule has 0 aromatic heterocycles. The molecule has 3 nitrogen and oxygen atoms in total. The quantitative estimate of drug-likeness (QED) is 0.845. The van der Waals surface area contributed by atoms with Gasteiger partial charge in [-0.05, 0) is 38.4 Å². The Hall–Kier alpha value is -0.900. The van der Waals surface area contributed by atoms with Gasteiger partial charge >= 0.3 is 0 Å². The molecule has 110 valence electrons. The summed E-state index contributed by atoms with van der Waals surface area (Å²) in [7, 11) is 0. The Morgan fingerprint density at radius 1 is 1.10 bits per heavy atom. The third kappa shape index (κ3) is 3.05. The van der Waals surface area contributed by atoms with Crippen molar-refractivity contribution in [3.63, 3.8) is 0 Å². The van der Waals surface area contributed by atoms with E-state index in [0.29, 0.717) is 18.8 Å². The highest BCUT2D eigenvalue weighted by atomic mass is 16.7. The SMILES string of the molecule is CC1OCOCC1C(c1ccccc1)N1CCCCC1. The lowest BCUT2D eigenvalue weighted by molar-refractivity contribution is -0.179. The van der Waals surface area contributed by atoms with E-state index < -0.39 is 0 Å². The van der Waals surface area contributed by atoms with Crippen molar-refractivity contribution in [3.8, 4) is 0 Å². The summed E-state index contributed by atoms with van der Waals surface area (Å²) in [4.78, 5) is 2.64. The zero-order valence-electron chi connectivity index (χ0n) is 12.3. The van der Waals surface area contributed by atoms with Crippen molar-refractivity contribution in [3.05, 3.63) is 35.9 Å². The summed E-state index contributed by atoms with van der Waals surface area (Å²) in [5.41, 5.74) is 1.40. The highest BCUT2D eigenvalue weighted by molar-refractivity contribution is 5.20. The third-order valence-corrected chi connectivity index (χ3v) is 4.66. The summed E-state index contributed by atoms with van der Waals surface area (Å²) in [6, 6.07) is 11.3. The topological polar surface area (TPSA) is 21.7 Å². The van der Waals surface area contributed by atoms with Crippen molar-refractivity contribution in [1.29, 1.82) is 0 Å². The molecule has 3 unspecified atom stereocenters. The normalized spacial score (nSPS) is 30.1. The van der Waals surface area contributed by atoms with Crippen molar-refractivity contribution >= 4 is 0 Å². The van der Waals surface area contributed by atoms with Crippen LogP contribution in [0.2, 0.25) is 0 Å². The second-order valence-corrected chi connectivity index (χ2v) is 5.98. The molecule has 3 heteroatoms. The molecule has 2 aliphatic rings. The van der Waals surface area contributed by atoms with Gasteiger partial charge in [0.05, 0.1) is 12.7 Å². The molecule has 20 heavy (non-hydrogen) atoms. The number of hydrogen-bond acceptors (Lipinski definition) is 3. The molecule has 2 fully saturated rings. The molecule has 0 radical (unpaired) electrons.